The molecule has 0 heterocycles. The van der Waals surface area contributed by atoms with E-state index in [0.717, 1.165) is 18.3 Å². The van der Waals surface area contributed by atoms with Crippen molar-refractivity contribution in [2.75, 3.05) is 13.7 Å². The van der Waals surface area contributed by atoms with Gasteiger partial charge in [0.1, 0.15) is 11.5 Å². The first kappa shape index (κ1) is 12.3. The van der Waals surface area contributed by atoms with Gasteiger partial charge in [-0.25, -0.2) is 0 Å². The molecule has 0 radical (unpaired) electrons. The quantitative estimate of drug-likeness (QED) is 0.546. The molecule has 1 rings (SSSR count). The Morgan fingerprint density at radius 2 is 2.25 bits per heavy atom. The fraction of sp³-hybridized carbons (Fsp3) is 0.308. The SMILES string of the molecule is C=C(C)CCOc1ccc(OC)cc1C=O. The number of carbonyl (C=O) groups is 1. The lowest BCUT2D eigenvalue weighted by Gasteiger charge is -2.09. The molecule has 0 aromatic heterocycles. The molecule has 0 atom stereocenters. The molecule has 86 valence electrons. The second-order valence-corrected chi connectivity index (χ2v) is 3.58. The van der Waals surface area contributed by atoms with E-state index in [9.17, 15) is 4.79 Å². The molecule has 3 nitrogen and oxygen atoms in total. The number of hydrogen-bond acceptors (Lipinski definition) is 3. The molecule has 0 saturated heterocycles. The van der Waals surface area contributed by atoms with Crippen molar-refractivity contribution >= 4 is 6.29 Å². The molecule has 0 spiro atoms. The zero-order valence-corrected chi connectivity index (χ0v) is 9.66. The fourth-order valence-electron chi connectivity index (χ4n) is 1.21. The number of ether oxygens (including phenoxy) is 2. The van der Waals surface area contributed by atoms with E-state index in [-0.39, 0.29) is 0 Å². The third kappa shape index (κ3) is 3.42. The summed E-state index contributed by atoms with van der Waals surface area (Å²) in [4.78, 5) is 10.8. The van der Waals surface area contributed by atoms with Crippen molar-refractivity contribution in [1.82, 2.24) is 0 Å². The van der Waals surface area contributed by atoms with Gasteiger partial charge in [0.15, 0.2) is 6.29 Å². The van der Waals surface area contributed by atoms with Crippen LogP contribution in [-0.4, -0.2) is 20.0 Å². The van der Waals surface area contributed by atoms with Gasteiger partial charge in [-0.05, 0) is 25.1 Å². The number of hydrogen-bond donors (Lipinski definition) is 0. The second-order valence-electron chi connectivity index (χ2n) is 3.58. The highest BCUT2D eigenvalue weighted by molar-refractivity contribution is 5.80. The number of carbonyl (C=O) groups excluding carboxylic acids is 1. The molecule has 3 heteroatoms. The summed E-state index contributed by atoms with van der Waals surface area (Å²) >= 11 is 0. The lowest BCUT2D eigenvalue weighted by molar-refractivity contribution is 0.111. The lowest BCUT2D eigenvalue weighted by atomic mass is 10.2. The zero-order chi connectivity index (χ0) is 12.0. The van der Waals surface area contributed by atoms with Crippen LogP contribution < -0.4 is 9.47 Å². The monoisotopic (exact) mass is 220 g/mol. The van der Waals surface area contributed by atoms with Crippen LogP contribution in [0.4, 0.5) is 0 Å². The first-order valence-corrected chi connectivity index (χ1v) is 5.07. The van der Waals surface area contributed by atoms with Crippen LogP contribution in [0, 0.1) is 0 Å². The second kappa shape index (κ2) is 5.95. The first-order valence-electron chi connectivity index (χ1n) is 5.07. The van der Waals surface area contributed by atoms with Gasteiger partial charge in [0.2, 0.25) is 0 Å². The summed E-state index contributed by atoms with van der Waals surface area (Å²) in [6.45, 7) is 6.26. The minimum Gasteiger partial charge on any atom is -0.497 e. The maximum atomic E-state index is 10.8. The maximum absolute atomic E-state index is 10.8. The molecule has 16 heavy (non-hydrogen) atoms. The van der Waals surface area contributed by atoms with Crippen LogP contribution in [0.25, 0.3) is 0 Å². The van der Waals surface area contributed by atoms with Crippen molar-refractivity contribution in [2.24, 2.45) is 0 Å². The molecule has 0 saturated carbocycles. The van der Waals surface area contributed by atoms with Gasteiger partial charge in [0.25, 0.3) is 0 Å². The Bertz CT molecular complexity index is 383. The van der Waals surface area contributed by atoms with Crippen LogP contribution in [-0.2, 0) is 0 Å². The van der Waals surface area contributed by atoms with E-state index in [1.54, 1.807) is 25.3 Å². The van der Waals surface area contributed by atoms with E-state index in [2.05, 4.69) is 6.58 Å². The highest BCUT2D eigenvalue weighted by Gasteiger charge is 2.04. The molecular formula is C13H16O3. The third-order valence-corrected chi connectivity index (χ3v) is 2.13. The Labute approximate surface area is 95.7 Å². The van der Waals surface area contributed by atoms with Gasteiger partial charge in [0.05, 0.1) is 19.3 Å². The van der Waals surface area contributed by atoms with Gasteiger partial charge in [-0.1, -0.05) is 5.57 Å². The van der Waals surface area contributed by atoms with Crippen LogP contribution in [0.1, 0.15) is 23.7 Å². The predicted molar refractivity (Wildman–Crippen MR) is 63.3 cm³/mol. The largest absolute Gasteiger partial charge is 0.497 e. The predicted octanol–water partition coefficient (Wildman–Crippen LogP) is 2.85. The van der Waals surface area contributed by atoms with Gasteiger partial charge < -0.3 is 9.47 Å². The Morgan fingerprint density at radius 3 is 2.81 bits per heavy atom. The highest BCUT2D eigenvalue weighted by atomic mass is 16.5. The number of benzene rings is 1. The van der Waals surface area contributed by atoms with E-state index in [0.29, 0.717) is 23.7 Å². The van der Waals surface area contributed by atoms with E-state index >= 15 is 0 Å². The minimum absolute atomic E-state index is 0.501. The highest BCUT2D eigenvalue weighted by Crippen LogP contribution is 2.22. The van der Waals surface area contributed by atoms with Gasteiger partial charge in [0, 0.05) is 6.42 Å². The Morgan fingerprint density at radius 1 is 1.50 bits per heavy atom. The van der Waals surface area contributed by atoms with E-state index in [4.69, 9.17) is 9.47 Å². The Hall–Kier alpha value is -1.77. The molecule has 0 N–H and O–H groups in total. The van der Waals surface area contributed by atoms with Crippen molar-refractivity contribution in [3.8, 4) is 11.5 Å². The van der Waals surface area contributed by atoms with Crippen LogP contribution in [0.5, 0.6) is 11.5 Å². The van der Waals surface area contributed by atoms with Crippen molar-refractivity contribution in [3.63, 3.8) is 0 Å². The van der Waals surface area contributed by atoms with Crippen LogP contribution in [0.3, 0.4) is 0 Å². The Kier molecular flexibility index (Phi) is 4.58. The van der Waals surface area contributed by atoms with Crippen molar-refractivity contribution in [2.45, 2.75) is 13.3 Å². The standard InChI is InChI=1S/C13H16O3/c1-10(2)6-7-16-13-5-4-12(15-3)8-11(13)9-14/h4-5,8-9H,1,6-7H2,2-3H3. The van der Waals surface area contributed by atoms with Gasteiger partial charge in [-0.15, -0.1) is 6.58 Å². The summed E-state index contributed by atoms with van der Waals surface area (Å²) in [7, 11) is 1.56. The fourth-order valence-corrected chi connectivity index (χ4v) is 1.21. The average Bonchev–Trinajstić information content (AvgIpc) is 2.29. The molecule has 1 aromatic carbocycles. The van der Waals surface area contributed by atoms with Crippen LogP contribution >= 0.6 is 0 Å². The first-order chi connectivity index (χ1) is 7.67. The topological polar surface area (TPSA) is 35.5 Å². The molecule has 1 aromatic rings. The molecule has 0 aliphatic carbocycles. The lowest BCUT2D eigenvalue weighted by Crippen LogP contribution is -2.00. The summed E-state index contributed by atoms with van der Waals surface area (Å²) < 4.78 is 10.5. The Balaban J connectivity index is 2.71. The molecule has 0 aliphatic rings. The molecule has 0 fully saturated rings. The summed E-state index contributed by atoms with van der Waals surface area (Å²) in [5, 5.41) is 0. The molecule has 0 bridgehead atoms. The maximum Gasteiger partial charge on any atom is 0.153 e. The third-order valence-electron chi connectivity index (χ3n) is 2.13. The molecule has 0 unspecified atom stereocenters. The minimum atomic E-state index is 0.501. The summed E-state index contributed by atoms with van der Waals surface area (Å²) in [6, 6.07) is 5.16. The average molecular weight is 220 g/mol. The van der Waals surface area contributed by atoms with Crippen molar-refractivity contribution in [1.29, 1.82) is 0 Å². The summed E-state index contributed by atoms with van der Waals surface area (Å²) in [6.07, 6.45) is 1.54. The molecule has 0 amide bonds. The van der Waals surface area contributed by atoms with E-state index < -0.39 is 0 Å². The van der Waals surface area contributed by atoms with Gasteiger partial charge in [-0.2, -0.15) is 0 Å². The number of aldehydes is 1. The molecule has 0 aliphatic heterocycles. The number of rotatable bonds is 6. The molecular weight excluding hydrogens is 204 g/mol. The van der Waals surface area contributed by atoms with Crippen LogP contribution in [0.2, 0.25) is 0 Å². The normalized spacial score (nSPS) is 9.62. The van der Waals surface area contributed by atoms with Crippen molar-refractivity contribution in [3.05, 3.63) is 35.9 Å². The summed E-state index contributed by atoms with van der Waals surface area (Å²) in [5.41, 5.74) is 1.56. The smallest absolute Gasteiger partial charge is 0.153 e. The van der Waals surface area contributed by atoms with Crippen molar-refractivity contribution < 1.29 is 14.3 Å². The van der Waals surface area contributed by atoms with E-state index in [1.165, 1.54) is 0 Å². The van der Waals surface area contributed by atoms with E-state index in [1.807, 2.05) is 6.92 Å². The zero-order valence-electron chi connectivity index (χ0n) is 9.66. The van der Waals surface area contributed by atoms with Gasteiger partial charge >= 0.3 is 0 Å². The summed E-state index contributed by atoms with van der Waals surface area (Å²) in [5.74, 6) is 1.23. The van der Waals surface area contributed by atoms with Crippen LogP contribution in [0.15, 0.2) is 30.4 Å². The number of methoxy groups -OCH3 is 1. The van der Waals surface area contributed by atoms with Gasteiger partial charge in [-0.3, -0.25) is 4.79 Å².